The summed E-state index contributed by atoms with van der Waals surface area (Å²) in [5, 5.41) is 122. The normalized spacial score (nSPS) is 34.6. The van der Waals surface area contributed by atoms with Crippen LogP contribution in [0.3, 0.4) is 0 Å². The van der Waals surface area contributed by atoms with Gasteiger partial charge in [-0.25, -0.2) is 50.2 Å². The Balaban J connectivity index is 0.000000152. The Kier molecular flexibility index (Phi) is 25.7. The number of alkyl halides is 4. The third-order valence-electron chi connectivity index (χ3n) is 20.0. The molecule has 128 heavy (non-hydrogen) atoms. The first-order valence-electron chi connectivity index (χ1n) is 40.2. The molecule has 4 fully saturated rings. The Morgan fingerprint density at radius 2 is 0.750 bits per heavy atom. The highest BCUT2D eigenvalue weighted by Crippen LogP contribution is 2.61. The lowest BCUT2D eigenvalue weighted by atomic mass is 10.1. The Morgan fingerprint density at radius 3 is 1.12 bits per heavy atom. The van der Waals surface area contributed by atoms with Crippen molar-refractivity contribution in [2.45, 2.75) is 171 Å². The molecule has 3 aromatic heterocycles. The number of nitrogens with one attached hydrogen (secondary N) is 4. The van der Waals surface area contributed by atoms with Gasteiger partial charge in [-0.05, 0) is 49.9 Å². The lowest BCUT2D eigenvalue weighted by molar-refractivity contribution is -0.208. The molecule has 55 heteroatoms. The summed E-state index contributed by atoms with van der Waals surface area (Å²) < 4.78 is 245. The number of carbonyl (C=O) groups excluding carboxylic acids is 1. The molecular formula is C73H82F4N8O39P4. The molecule has 7 aromatic rings. The highest BCUT2D eigenvalue weighted by atomic mass is 31.2. The van der Waals surface area contributed by atoms with Crippen LogP contribution in [0.1, 0.15) is 88.1 Å². The fourth-order valence-corrected chi connectivity index (χ4v) is 17.9. The number of rotatable bonds is 20. The zero-order valence-electron chi connectivity index (χ0n) is 72.3. The van der Waals surface area contributed by atoms with Crippen LogP contribution in [0.5, 0.6) is 23.0 Å². The molecule has 1 amide bonds. The van der Waals surface area contributed by atoms with Gasteiger partial charge in [0.15, 0.2) is 24.9 Å². The standard InChI is InChI=1S/C19H22FN2O9P.3C18H20FN2O10P/c1-10-4-3-5-12-8-28-32(27,31-15(10)12)29-9-19(20)16(25)14(24)18(30-19)22-6-13(7-23)17(26)21-11(22)2;3*1-9-3-2-4-10-7-28-32(27,31-13(9)10)29-8-18(19)14(24)12(23)16(30-18)21-5-11(6-22)15(25)20-17(21)26/h3-6,14,16,18,23-25H,2,7-9H2,1H3,(H,21,26);3*2-5,12,14,16,22-24H,6-8H2,1H3,(H,20,25,26)/t14-,16+,18-,19-,32?;3*12-,14+,16-,18-,32?/m1111/s1/i9D2,18D;16D;8D2;. The third-order valence-corrected chi connectivity index (χ3v) is 24.9. The van der Waals surface area contributed by atoms with Gasteiger partial charge in [0, 0.05) is 47.0 Å². The van der Waals surface area contributed by atoms with E-state index in [0.29, 0.717) is 69.3 Å². The Morgan fingerprint density at radius 1 is 0.445 bits per heavy atom. The number of fused-ring (bicyclic) bond motifs is 4. The SMILES string of the molecule is Cc1cccc2c1OP(=O)(OC[C@@]1(F)O[C@@H](n3cc(CO)c(=O)[nH]c3=O)[C@H](O)[C@@H]1O)OC2.[2H]C([2H])(OP1(=O)OCc2cccc(C)c2O1)[C@@]1(F)O[C@@H](n2cc(CO)c(=O)[nH]c2=O)[C@H](O)[C@@H]1O.[2H]C([2H])(OP1(=O)OCc2cccc(C)c2O1)[C@@]1(F)O[C@@]([2H])(N2C=C(CO)C(=O)NC2=C)[C@H](O)[C@@H]1O.[2H][C@@]1(n2cc(CO)c(=O)[nH]c2=O)O[C@](F)(COP2(=O)OCc3cccc(C)c3O2)[C@@H](O)[C@H]1O. The molecule has 16 N–H and O–H groups in total. The van der Waals surface area contributed by atoms with E-state index in [4.69, 9.17) is 81.5 Å². The minimum absolute atomic E-state index is 0.0792. The molecule has 0 bridgehead atoms. The predicted octanol–water partition coefficient (Wildman–Crippen LogP) is 0.515. The third kappa shape index (κ3) is 19.5. The molecule has 9 aliphatic heterocycles. The van der Waals surface area contributed by atoms with Gasteiger partial charge in [-0.15, -0.1) is 0 Å². The molecule has 4 saturated heterocycles. The van der Waals surface area contributed by atoms with Crippen LogP contribution < -0.4 is 57.2 Å². The van der Waals surface area contributed by atoms with Gasteiger partial charge in [0.1, 0.15) is 104 Å². The van der Waals surface area contributed by atoms with Crippen molar-refractivity contribution in [1.82, 2.24) is 38.9 Å². The van der Waals surface area contributed by atoms with Gasteiger partial charge < -0.3 is 109 Å². The lowest BCUT2D eigenvalue weighted by Gasteiger charge is -2.34. The summed E-state index contributed by atoms with van der Waals surface area (Å²) in [6.07, 6.45) is -25.9. The summed E-state index contributed by atoms with van der Waals surface area (Å²) in [6, 6.07) is 20.0. The number of ether oxygens (including phenoxy) is 4. The first-order chi connectivity index (χ1) is 62.5. The molecule has 0 saturated carbocycles. The van der Waals surface area contributed by atoms with E-state index >= 15 is 17.6 Å². The van der Waals surface area contributed by atoms with Crippen molar-refractivity contribution in [2.24, 2.45) is 0 Å². The zero-order chi connectivity index (χ0) is 98.5. The number of aliphatic hydroxyl groups is 12. The van der Waals surface area contributed by atoms with Gasteiger partial charge in [-0.1, -0.05) is 79.4 Å². The van der Waals surface area contributed by atoms with Crippen molar-refractivity contribution in [3.63, 3.8) is 0 Å². The molecule has 12 heterocycles. The number of hydrogen-bond acceptors (Lipinski definition) is 40. The van der Waals surface area contributed by atoms with Crippen LogP contribution in [-0.4, -0.2) is 212 Å². The van der Waals surface area contributed by atoms with E-state index in [1.54, 1.807) is 105 Å². The van der Waals surface area contributed by atoms with Gasteiger partial charge in [0.2, 0.25) is 0 Å². The number of halogens is 4. The van der Waals surface area contributed by atoms with Crippen LogP contribution in [0, 0.1) is 27.7 Å². The number of phosphoric acid groups is 4. The van der Waals surface area contributed by atoms with E-state index in [-0.39, 0.29) is 71.7 Å². The van der Waals surface area contributed by atoms with Gasteiger partial charge >= 0.3 is 48.4 Å². The number of benzene rings is 4. The van der Waals surface area contributed by atoms with Gasteiger partial charge in [-0.3, -0.25) is 84.0 Å². The van der Waals surface area contributed by atoms with E-state index in [1.807, 2.05) is 9.97 Å². The van der Waals surface area contributed by atoms with Crippen LogP contribution in [-0.2, 0) is 124 Å². The molecule has 696 valence electrons. The van der Waals surface area contributed by atoms with Crippen molar-refractivity contribution in [1.29, 1.82) is 0 Å². The largest absolute Gasteiger partial charge is 0.530 e. The minimum Gasteiger partial charge on any atom is -0.403 e. The van der Waals surface area contributed by atoms with Crippen molar-refractivity contribution in [3.8, 4) is 23.0 Å². The van der Waals surface area contributed by atoms with E-state index in [1.165, 1.54) is 0 Å². The first-order valence-corrected chi connectivity index (χ1v) is 43.1. The molecule has 20 atom stereocenters. The monoisotopic (exact) mass is 1900 g/mol. The number of H-pyrrole nitrogens is 3. The molecule has 9 aliphatic rings. The van der Waals surface area contributed by atoms with Crippen molar-refractivity contribution in [3.05, 3.63) is 239 Å². The van der Waals surface area contributed by atoms with E-state index in [2.05, 4.69) is 11.9 Å². The molecule has 47 nitrogen and oxygen atoms in total. The summed E-state index contributed by atoms with van der Waals surface area (Å²) in [7, 11) is -18.3. The number of aryl methyl sites for hydroxylation is 4. The highest BCUT2D eigenvalue weighted by Gasteiger charge is 2.63. The second kappa shape index (κ2) is 37.4. The molecule has 4 aromatic carbocycles. The van der Waals surface area contributed by atoms with E-state index in [9.17, 15) is 113 Å². The number of nitrogens with zero attached hydrogens (tertiary/aromatic N) is 4. The Bertz CT molecular complexity index is 6410. The summed E-state index contributed by atoms with van der Waals surface area (Å²) in [5.41, 5.74) is -3.25. The zero-order valence-corrected chi connectivity index (χ0v) is 69.8. The maximum absolute atomic E-state index is 16.0. The predicted molar refractivity (Wildman–Crippen MR) is 415 cm³/mol. The summed E-state index contributed by atoms with van der Waals surface area (Å²) in [5.74, 6) is -14.9. The number of para-hydroxylation sites is 4. The maximum Gasteiger partial charge on any atom is 0.530 e. The average Bonchev–Trinajstić information content (AvgIpc) is 1.48. The number of aromatic nitrogens is 6. The number of hydrogen-bond donors (Lipinski definition) is 16. The Hall–Kier alpha value is -9.45. The van der Waals surface area contributed by atoms with Crippen LogP contribution in [0.15, 0.2) is 144 Å². The number of amides is 1. The number of phosphoric ester groups is 4. The van der Waals surface area contributed by atoms with Crippen molar-refractivity contribution < 1.29 is 183 Å². The smallest absolute Gasteiger partial charge is 0.403 e. The fraction of sp³-hybridized carbons (Fsp3) is 0.438. The number of aliphatic hydroxyl groups excluding tert-OH is 12. The molecule has 0 aliphatic carbocycles. The average molecular weight is 1900 g/mol. The number of carbonyl (C=O) groups is 1. The lowest BCUT2D eigenvalue weighted by Crippen LogP contribution is -2.48. The molecule has 0 radical (unpaired) electrons. The maximum atomic E-state index is 16.0. The summed E-state index contributed by atoms with van der Waals surface area (Å²) in [6.45, 7) is -4.12. The second-order valence-corrected chi connectivity index (χ2v) is 35.0. The van der Waals surface area contributed by atoms with Crippen LogP contribution in [0.2, 0.25) is 0 Å². The van der Waals surface area contributed by atoms with Crippen molar-refractivity contribution >= 4 is 37.2 Å². The van der Waals surface area contributed by atoms with Crippen molar-refractivity contribution in [2.75, 3.05) is 32.9 Å². The summed E-state index contributed by atoms with van der Waals surface area (Å²) in [4.78, 5) is 89.2. The van der Waals surface area contributed by atoms with E-state index in [0.717, 1.165) is 18.6 Å². The molecular weight excluding hydrogens is 1810 g/mol. The fourth-order valence-electron chi connectivity index (χ4n) is 13.0. The van der Waals surface area contributed by atoms with Crippen LogP contribution >= 0.6 is 31.3 Å². The van der Waals surface area contributed by atoms with Gasteiger partial charge in [0.05, 0.1) is 83.3 Å². The minimum atomic E-state index is -4.83. The van der Waals surface area contributed by atoms with Gasteiger partial charge in [-0.2, -0.15) is 0 Å². The molecule has 4 unspecified atom stereocenters. The number of aromatic amines is 3. The quantitative estimate of drug-likeness (QED) is 0.0365. The first kappa shape index (κ1) is 87.9. The molecule has 0 spiro atoms. The summed E-state index contributed by atoms with van der Waals surface area (Å²) >= 11 is 0. The van der Waals surface area contributed by atoms with Crippen LogP contribution in [0.4, 0.5) is 17.6 Å². The van der Waals surface area contributed by atoms with E-state index < -0.39 is 227 Å². The molecule has 16 rings (SSSR count). The van der Waals surface area contributed by atoms with Gasteiger partial charge in [0.25, 0.3) is 46.0 Å². The van der Waals surface area contributed by atoms with Crippen LogP contribution in [0.25, 0.3) is 0 Å². The Labute approximate surface area is 723 Å². The second-order valence-electron chi connectivity index (χ2n) is 28.8. The highest BCUT2D eigenvalue weighted by molar-refractivity contribution is 7.49. The topological polar surface area (TPSA) is 656 Å².